The Morgan fingerprint density at radius 2 is 0.960 bits per heavy atom. The Balaban J connectivity index is 1.16. The molecule has 20 atom stereocenters. The number of amides is 1. The molecule has 422 valence electrons. The van der Waals surface area contributed by atoms with Crippen molar-refractivity contribution in [2.24, 2.45) is 0 Å². The number of hydrogen-bond acceptors (Lipinski definition) is 23. The van der Waals surface area contributed by atoms with E-state index in [1.807, 2.05) is 62.4 Å². The summed E-state index contributed by atoms with van der Waals surface area (Å²) in [6, 6.07) is 18.1. The summed E-state index contributed by atoms with van der Waals surface area (Å²) in [4.78, 5) is 39.1. The molecule has 0 bridgehead atoms. The minimum Gasteiger partial charge on any atom is -0.479 e. The Morgan fingerprint density at radius 3 is 1.49 bits per heavy atom. The highest BCUT2D eigenvalue weighted by atomic mass is 16.8. The predicted molar refractivity (Wildman–Crippen MR) is 249 cm³/mol. The summed E-state index contributed by atoms with van der Waals surface area (Å²) in [7, 11) is 0. The molecule has 26 nitrogen and oxygen atoms in total. The predicted octanol–water partition coefficient (Wildman–Crippen LogP) is -2.05. The minimum atomic E-state index is -2.24. The van der Waals surface area contributed by atoms with Gasteiger partial charge in [-0.2, -0.15) is 0 Å². The highest BCUT2D eigenvalue weighted by Gasteiger charge is 2.57. The van der Waals surface area contributed by atoms with Crippen molar-refractivity contribution in [3.8, 4) is 0 Å². The van der Waals surface area contributed by atoms with Gasteiger partial charge in [-0.15, -0.1) is 0 Å². The maximum Gasteiger partial charge on any atom is 0.410 e. The molecular formula is C49H71NO25. The van der Waals surface area contributed by atoms with Gasteiger partial charge in [-0.25, -0.2) is 14.4 Å². The van der Waals surface area contributed by atoms with Crippen LogP contribution in [0.25, 0.3) is 0 Å². The third kappa shape index (κ3) is 15.8. The van der Waals surface area contributed by atoms with Crippen molar-refractivity contribution in [1.82, 2.24) is 4.90 Å². The van der Waals surface area contributed by atoms with Crippen molar-refractivity contribution in [3.63, 3.8) is 0 Å². The molecule has 11 N–H and O–H groups in total. The second-order valence-corrected chi connectivity index (χ2v) is 18.5. The molecule has 8 unspecified atom stereocenters. The molecular weight excluding hydrogens is 1000 g/mol. The molecule has 75 heavy (non-hydrogen) atoms. The first-order valence-corrected chi connectivity index (χ1v) is 24.9. The molecule has 4 aliphatic heterocycles. The van der Waals surface area contributed by atoms with Gasteiger partial charge >= 0.3 is 18.0 Å². The zero-order valence-corrected chi connectivity index (χ0v) is 41.4. The molecule has 2 aromatic carbocycles. The van der Waals surface area contributed by atoms with E-state index in [0.29, 0.717) is 19.3 Å². The van der Waals surface area contributed by atoms with Crippen LogP contribution in [0.2, 0.25) is 0 Å². The van der Waals surface area contributed by atoms with E-state index < -0.39 is 147 Å². The second kappa shape index (κ2) is 29.0. The fourth-order valence-corrected chi connectivity index (χ4v) is 8.63. The molecule has 4 saturated heterocycles. The fraction of sp³-hybridized carbons (Fsp3) is 0.694. The Kier molecular flexibility index (Phi) is 23.3. The number of carboxylic acid groups (broad SMARTS) is 2. The first-order valence-electron chi connectivity index (χ1n) is 24.9. The van der Waals surface area contributed by atoms with Crippen LogP contribution in [-0.2, 0) is 74.8 Å². The topological polar surface area (TPSA) is 379 Å². The first-order chi connectivity index (χ1) is 35.9. The van der Waals surface area contributed by atoms with E-state index in [0.717, 1.165) is 17.5 Å². The molecule has 2 aromatic rings. The highest BCUT2D eigenvalue weighted by molar-refractivity contribution is 5.74. The largest absolute Gasteiger partial charge is 0.479 e. The van der Waals surface area contributed by atoms with Crippen LogP contribution in [0.4, 0.5) is 4.79 Å². The van der Waals surface area contributed by atoms with Crippen LogP contribution in [0, 0.1) is 0 Å². The number of carboxylic acids is 2. The van der Waals surface area contributed by atoms with E-state index in [1.165, 1.54) is 4.90 Å². The molecule has 0 radical (unpaired) electrons. The van der Waals surface area contributed by atoms with Gasteiger partial charge in [0.15, 0.2) is 37.4 Å². The maximum absolute atomic E-state index is 13.4. The Bertz CT molecular complexity index is 2030. The molecule has 4 heterocycles. The van der Waals surface area contributed by atoms with Gasteiger partial charge in [0.05, 0.1) is 19.8 Å². The third-order valence-corrected chi connectivity index (χ3v) is 12.9. The first kappa shape index (κ1) is 60.1. The normalized spacial score (nSPS) is 36.1. The van der Waals surface area contributed by atoms with Gasteiger partial charge in [0.2, 0.25) is 0 Å². The monoisotopic (exact) mass is 1070 g/mol. The molecule has 0 saturated carbocycles. The van der Waals surface area contributed by atoms with Crippen LogP contribution in [0.5, 0.6) is 0 Å². The van der Waals surface area contributed by atoms with Crippen molar-refractivity contribution in [2.45, 2.75) is 176 Å². The lowest BCUT2D eigenvalue weighted by atomic mass is 9.95. The smallest absolute Gasteiger partial charge is 0.410 e. The number of rotatable bonds is 26. The van der Waals surface area contributed by atoms with Gasteiger partial charge in [-0.05, 0) is 24.0 Å². The molecule has 4 aliphatic rings. The van der Waals surface area contributed by atoms with Crippen molar-refractivity contribution >= 4 is 18.0 Å². The third-order valence-electron chi connectivity index (χ3n) is 12.9. The lowest BCUT2D eigenvalue weighted by molar-refractivity contribution is -0.386. The summed E-state index contributed by atoms with van der Waals surface area (Å²) >= 11 is 0. The van der Waals surface area contributed by atoms with E-state index in [4.69, 9.17) is 52.1 Å². The molecule has 0 spiro atoms. The van der Waals surface area contributed by atoms with E-state index in [9.17, 15) is 70.6 Å². The standard InChI is InChI=1S/C49H71NO25/c1-3-5-18-65-23-27-38(31(53)34(56)45(69-27)67-20-17-50(21-25-13-9-7-10-14-25)49(64)68-22-26-15-11-8-12-16-26)72-48-37(59)40(36(58)42(75-48)44(62)63)73-46-35(57)32(54)39(28(70-46)24-66-19-6-4-2)71-47-33(55)29(51)30(52)41(74-47)43(60)61/h7-16,27-42,45-48,51-59H,3-6,17-24H2,1-2H3,(H,60,61)(H,62,63)/t27?,28?,29?,30-,31?,32?,33-,34-,35-,36-,37-,38+,39+,40?,41?,42?,45+,46-,47+,48+/m0/s1. The molecule has 1 amide bonds. The fourth-order valence-electron chi connectivity index (χ4n) is 8.63. The van der Waals surface area contributed by atoms with Crippen LogP contribution in [0.1, 0.15) is 50.7 Å². The van der Waals surface area contributed by atoms with Crippen molar-refractivity contribution < 1.29 is 123 Å². The maximum atomic E-state index is 13.4. The number of hydrogen-bond donors (Lipinski definition) is 11. The van der Waals surface area contributed by atoms with Crippen molar-refractivity contribution in [3.05, 3.63) is 71.8 Å². The van der Waals surface area contributed by atoms with E-state index >= 15 is 0 Å². The SMILES string of the molecule is CCCCOCC1O[C@@H](OCCN(Cc2ccccc2)C(=O)OCc2ccccc2)[C@@H](O)C(O)[C@@H]1O[C@@H]1OC(C(=O)O)[C@@H](O)C(O[C@@H]2OC(COCCCC)[C@@H](O[C@@H]3OC(C(=O)O)[C@@H](O)C(O)[C@@H]3O)C(O)[C@@H]2O)[C@@H]1O. The number of unbranched alkanes of at least 4 members (excludes halogenated alkanes) is 2. The van der Waals surface area contributed by atoms with E-state index in [-0.39, 0.29) is 46.1 Å². The van der Waals surface area contributed by atoms with E-state index in [2.05, 4.69) is 0 Å². The number of carbonyl (C=O) groups is 3. The lowest BCUT2D eigenvalue weighted by Gasteiger charge is -2.49. The van der Waals surface area contributed by atoms with Crippen LogP contribution in [0.3, 0.4) is 0 Å². The van der Waals surface area contributed by atoms with Gasteiger partial charge in [0.1, 0.15) is 92.1 Å². The zero-order valence-electron chi connectivity index (χ0n) is 41.4. The molecule has 0 aromatic heterocycles. The van der Waals surface area contributed by atoms with Crippen molar-refractivity contribution in [2.75, 3.05) is 39.6 Å². The van der Waals surface area contributed by atoms with Crippen LogP contribution in [0.15, 0.2) is 60.7 Å². The minimum absolute atomic E-state index is 0.00489. The molecule has 26 heteroatoms. The molecule has 4 fully saturated rings. The quantitative estimate of drug-likeness (QED) is 0.0452. The van der Waals surface area contributed by atoms with E-state index in [1.54, 1.807) is 12.1 Å². The number of benzene rings is 2. The second-order valence-electron chi connectivity index (χ2n) is 18.5. The van der Waals surface area contributed by atoms with Crippen LogP contribution in [-0.4, -0.2) is 242 Å². The lowest BCUT2D eigenvalue weighted by Crippen LogP contribution is -2.68. The summed E-state index contributed by atoms with van der Waals surface area (Å²) in [6.45, 7) is 3.22. The van der Waals surface area contributed by atoms with Crippen molar-refractivity contribution in [1.29, 1.82) is 0 Å². The summed E-state index contributed by atoms with van der Waals surface area (Å²) in [5.41, 5.74) is 1.54. The van der Waals surface area contributed by atoms with Crippen LogP contribution >= 0.6 is 0 Å². The van der Waals surface area contributed by atoms with Gasteiger partial charge in [-0.1, -0.05) is 87.4 Å². The average molecular weight is 1070 g/mol. The number of aliphatic carboxylic acids is 2. The van der Waals surface area contributed by atoms with Gasteiger partial charge in [0.25, 0.3) is 0 Å². The highest BCUT2D eigenvalue weighted by Crippen LogP contribution is 2.35. The Labute approximate surface area is 431 Å². The molecule has 6 rings (SSSR count). The summed E-state index contributed by atoms with van der Waals surface area (Å²) in [5.74, 6) is -3.51. The number of aliphatic hydroxyl groups is 9. The van der Waals surface area contributed by atoms with Gasteiger partial charge < -0.3 is 113 Å². The summed E-state index contributed by atoms with van der Waals surface area (Å²) in [5, 5.41) is 120. The summed E-state index contributed by atoms with van der Waals surface area (Å²) in [6.07, 6.45) is -37.2. The zero-order chi connectivity index (χ0) is 54.3. The number of ether oxygens (including phenoxy) is 11. The number of aliphatic hydroxyl groups excluding tert-OH is 9. The molecule has 0 aliphatic carbocycles. The number of carbonyl (C=O) groups excluding carboxylic acids is 1. The van der Waals surface area contributed by atoms with Gasteiger partial charge in [0, 0.05) is 26.3 Å². The summed E-state index contributed by atoms with van der Waals surface area (Å²) < 4.78 is 63.3. The van der Waals surface area contributed by atoms with Gasteiger partial charge in [-0.3, -0.25) is 0 Å². The average Bonchev–Trinajstić information content (AvgIpc) is 3.40. The Hall–Kier alpha value is -4.11. The number of nitrogens with zero attached hydrogens (tertiary/aromatic N) is 1. The van der Waals surface area contributed by atoms with Crippen LogP contribution < -0.4 is 0 Å². The Morgan fingerprint density at radius 1 is 0.507 bits per heavy atom.